The van der Waals surface area contributed by atoms with Gasteiger partial charge in [-0.05, 0) is 96.1 Å². The van der Waals surface area contributed by atoms with Crippen molar-refractivity contribution in [1.29, 1.82) is 0 Å². The molecular formula is C40H39NO6. The SMILES string of the molecule is O=C(O)CCCCN(CCc1ccccc1OCc1ccc(-c2ccc(Oc3ccccc3)cc2)cc1)Cc1ccc(C(=O)O)cc1. The van der Waals surface area contributed by atoms with Crippen molar-refractivity contribution in [3.05, 3.63) is 150 Å². The number of carbonyl (C=O) groups is 2. The van der Waals surface area contributed by atoms with Crippen LogP contribution in [-0.2, 0) is 24.4 Å². The topological polar surface area (TPSA) is 96.3 Å². The zero-order chi connectivity index (χ0) is 32.8. The number of unbranched alkanes of at least 4 members (excludes halogenated alkanes) is 1. The molecule has 0 amide bonds. The van der Waals surface area contributed by atoms with Gasteiger partial charge in [-0.1, -0.05) is 84.9 Å². The van der Waals surface area contributed by atoms with Crippen LogP contribution >= 0.6 is 0 Å². The van der Waals surface area contributed by atoms with Crippen molar-refractivity contribution < 1.29 is 29.3 Å². The summed E-state index contributed by atoms with van der Waals surface area (Å²) in [5, 5.41) is 18.3. The molecular weight excluding hydrogens is 590 g/mol. The summed E-state index contributed by atoms with van der Waals surface area (Å²) in [6.45, 7) is 2.57. The molecule has 5 aromatic carbocycles. The van der Waals surface area contributed by atoms with E-state index in [-0.39, 0.29) is 12.0 Å². The maximum atomic E-state index is 11.3. The summed E-state index contributed by atoms with van der Waals surface area (Å²) >= 11 is 0. The lowest BCUT2D eigenvalue weighted by atomic mass is 10.0. The molecule has 0 aliphatic heterocycles. The predicted octanol–water partition coefficient (Wildman–Crippen LogP) is 8.72. The average molecular weight is 630 g/mol. The van der Waals surface area contributed by atoms with Crippen LogP contribution in [-0.4, -0.2) is 40.1 Å². The first kappa shape index (κ1) is 33.0. The molecule has 0 heterocycles. The van der Waals surface area contributed by atoms with Gasteiger partial charge < -0.3 is 19.7 Å². The van der Waals surface area contributed by atoms with Crippen LogP contribution in [0.5, 0.6) is 17.2 Å². The Hall–Kier alpha value is -5.40. The first-order valence-corrected chi connectivity index (χ1v) is 15.8. The van der Waals surface area contributed by atoms with Gasteiger partial charge in [0, 0.05) is 19.5 Å². The van der Waals surface area contributed by atoms with E-state index in [1.165, 1.54) is 0 Å². The van der Waals surface area contributed by atoms with Gasteiger partial charge >= 0.3 is 11.9 Å². The third kappa shape index (κ3) is 10.3. The fourth-order valence-electron chi connectivity index (χ4n) is 5.32. The highest BCUT2D eigenvalue weighted by Gasteiger charge is 2.11. The van der Waals surface area contributed by atoms with E-state index in [0.29, 0.717) is 19.6 Å². The first-order chi connectivity index (χ1) is 22.9. The van der Waals surface area contributed by atoms with Crippen LogP contribution in [0.25, 0.3) is 11.1 Å². The summed E-state index contributed by atoms with van der Waals surface area (Å²) in [5.74, 6) is 0.697. The number of carboxylic acids is 2. The van der Waals surface area contributed by atoms with E-state index in [4.69, 9.17) is 14.6 Å². The van der Waals surface area contributed by atoms with Gasteiger partial charge in [-0.2, -0.15) is 0 Å². The largest absolute Gasteiger partial charge is 0.489 e. The standard InChI is InChI=1S/C40H39NO6/c42-39(43)12-6-7-26-41(28-30-13-19-35(20-14-30)40(44)45)27-25-34-8-4-5-11-38(34)46-29-31-15-17-32(18-16-31)33-21-23-37(24-22-33)47-36-9-2-1-3-10-36/h1-5,8-11,13-24H,6-7,12,25-29H2,(H,42,43)(H,44,45). The molecule has 0 bridgehead atoms. The van der Waals surface area contributed by atoms with Crippen LogP contribution in [0.4, 0.5) is 0 Å². The third-order valence-electron chi connectivity index (χ3n) is 7.91. The summed E-state index contributed by atoms with van der Waals surface area (Å²) in [6.07, 6.45) is 2.27. The van der Waals surface area contributed by atoms with Crippen LogP contribution in [0.2, 0.25) is 0 Å². The van der Waals surface area contributed by atoms with Gasteiger partial charge in [0.1, 0.15) is 23.9 Å². The second-order valence-corrected chi connectivity index (χ2v) is 11.4. The van der Waals surface area contributed by atoms with Crippen LogP contribution in [0.1, 0.15) is 46.3 Å². The van der Waals surface area contributed by atoms with Crippen molar-refractivity contribution in [3.63, 3.8) is 0 Å². The number of hydrogen-bond donors (Lipinski definition) is 2. The molecule has 0 aliphatic carbocycles. The number of rotatable bonds is 17. The van der Waals surface area contributed by atoms with Crippen LogP contribution in [0, 0.1) is 0 Å². The fraction of sp³-hybridized carbons (Fsp3) is 0.200. The van der Waals surface area contributed by atoms with Gasteiger partial charge in [0.05, 0.1) is 5.56 Å². The average Bonchev–Trinajstić information content (AvgIpc) is 3.09. The highest BCUT2D eigenvalue weighted by atomic mass is 16.5. The lowest BCUT2D eigenvalue weighted by molar-refractivity contribution is -0.137. The van der Waals surface area contributed by atoms with Crippen molar-refractivity contribution in [1.82, 2.24) is 4.90 Å². The van der Waals surface area contributed by atoms with Crippen molar-refractivity contribution in [3.8, 4) is 28.4 Å². The maximum Gasteiger partial charge on any atom is 0.335 e. The molecule has 0 aromatic heterocycles. The number of benzene rings is 5. The Morgan fingerprint density at radius 1 is 0.617 bits per heavy atom. The predicted molar refractivity (Wildman–Crippen MR) is 183 cm³/mol. The molecule has 240 valence electrons. The monoisotopic (exact) mass is 629 g/mol. The third-order valence-corrected chi connectivity index (χ3v) is 7.91. The molecule has 2 N–H and O–H groups in total. The zero-order valence-electron chi connectivity index (χ0n) is 26.3. The van der Waals surface area contributed by atoms with E-state index < -0.39 is 11.9 Å². The van der Waals surface area contributed by atoms with Gasteiger partial charge in [0.25, 0.3) is 0 Å². The van der Waals surface area contributed by atoms with Gasteiger partial charge in [-0.25, -0.2) is 4.79 Å². The van der Waals surface area contributed by atoms with E-state index in [2.05, 4.69) is 47.4 Å². The summed E-state index contributed by atoms with van der Waals surface area (Å²) < 4.78 is 12.2. The fourth-order valence-corrected chi connectivity index (χ4v) is 5.32. The molecule has 5 aromatic rings. The number of aromatic carboxylic acids is 1. The molecule has 0 aliphatic rings. The Bertz CT molecular complexity index is 1720. The summed E-state index contributed by atoms with van der Waals surface area (Å²) in [4.78, 5) is 24.5. The summed E-state index contributed by atoms with van der Waals surface area (Å²) in [5.41, 5.74) is 5.65. The van der Waals surface area contributed by atoms with Gasteiger partial charge in [0.2, 0.25) is 0 Å². The molecule has 0 radical (unpaired) electrons. The molecule has 0 unspecified atom stereocenters. The van der Waals surface area contributed by atoms with E-state index in [9.17, 15) is 14.7 Å². The maximum absolute atomic E-state index is 11.3. The Morgan fingerprint density at radius 2 is 1.23 bits per heavy atom. The number of nitrogens with zero attached hydrogens (tertiary/aromatic N) is 1. The quantitative estimate of drug-likeness (QED) is 0.0993. The lowest BCUT2D eigenvalue weighted by Gasteiger charge is -2.23. The molecule has 0 saturated heterocycles. The van der Waals surface area contributed by atoms with Crippen molar-refractivity contribution in [2.45, 2.75) is 38.8 Å². The molecule has 5 rings (SSSR count). The Morgan fingerprint density at radius 3 is 1.91 bits per heavy atom. The number of para-hydroxylation sites is 2. The second kappa shape index (κ2) is 16.8. The van der Waals surface area contributed by atoms with Crippen molar-refractivity contribution in [2.24, 2.45) is 0 Å². The molecule has 0 fully saturated rings. The van der Waals surface area contributed by atoms with Gasteiger partial charge in [-0.15, -0.1) is 0 Å². The lowest BCUT2D eigenvalue weighted by Crippen LogP contribution is -2.27. The molecule has 0 atom stereocenters. The number of ether oxygens (including phenoxy) is 2. The number of carboxylic acid groups (broad SMARTS) is 2. The normalized spacial score (nSPS) is 10.9. The smallest absolute Gasteiger partial charge is 0.335 e. The van der Waals surface area contributed by atoms with Gasteiger partial charge in [-0.3, -0.25) is 9.69 Å². The first-order valence-electron chi connectivity index (χ1n) is 15.8. The van der Waals surface area contributed by atoms with Crippen molar-refractivity contribution >= 4 is 11.9 Å². The number of aliphatic carboxylic acids is 1. The Balaban J connectivity index is 1.17. The minimum absolute atomic E-state index is 0.148. The zero-order valence-corrected chi connectivity index (χ0v) is 26.3. The van der Waals surface area contributed by atoms with E-state index in [1.54, 1.807) is 12.1 Å². The highest BCUT2D eigenvalue weighted by molar-refractivity contribution is 5.87. The summed E-state index contributed by atoms with van der Waals surface area (Å²) in [6, 6.07) is 41.1. The Labute approximate surface area is 275 Å². The van der Waals surface area contributed by atoms with E-state index in [1.807, 2.05) is 72.8 Å². The second-order valence-electron chi connectivity index (χ2n) is 11.4. The summed E-state index contributed by atoms with van der Waals surface area (Å²) in [7, 11) is 0. The number of hydrogen-bond acceptors (Lipinski definition) is 5. The van der Waals surface area contributed by atoms with E-state index >= 15 is 0 Å². The molecule has 0 spiro atoms. The minimum Gasteiger partial charge on any atom is -0.489 e. The van der Waals surface area contributed by atoms with E-state index in [0.717, 1.165) is 71.0 Å². The Kier molecular flexibility index (Phi) is 11.8. The van der Waals surface area contributed by atoms with Gasteiger partial charge in [0.15, 0.2) is 0 Å². The van der Waals surface area contributed by atoms with Crippen LogP contribution in [0.3, 0.4) is 0 Å². The van der Waals surface area contributed by atoms with Crippen LogP contribution < -0.4 is 9.47 Å². The molecule has 47 heavy (non-hydrogen) atoms. The van der Waals surface area contributed by atoms with Crippen molar-refractivity contribution in [2.75, 3.05) is 13.1 Å². The highest BCUT2D eigenvalue weighted by Crippen LogP contribution is 2.27. The minimum atomic E-state index is -0.949. The molecule has 7 heteroatoms. The molecule has 7 nitrogen and oxygen atoms in total. The van der Waals surface area contributed by atoms with Crippen LogP contribution in [0.15, 0.2) is 127 Å². The molecule has 0 saturated carbocycles.